The molecule has 0 bridgehead atoms. The van der Waals surface area contributed by atoms with Crippen LogP contribution in [0.5, 0.6) is 0 Å². The quantitative estimate of drug-likeness (QED) is 0.368. The average molecular weight is 507 g/mol. The van der Waals surface area contributed by atoms with Crippen LogP contribution in [0.1, 0.15) is 24.0 Å². The van der Waals surface area contributed by atoms with Crippen LogP contribution in [-0.4, -0.2) is 34.2 Å². The van der Waals surface area contributed by atoms with E-state index in [1.807, 2.05) is 42.5 Å². The van der Waals surface area contributed by atoms with Crippen molar-refractivity contribution < 1.29 is 18.0 Å². The Bertz CT molecular complexity index is 1390. The highest BCUT2D eigenvalue weighted by Crippen LogP contribution is 2.29. The van der Waals surface area contributed by atoms with Gasteiger partial charge in [-0.3, -0.25) is 9.78 Å². The molecule has 1 aliphatic rings. The van der Waals surface area contributed by atoms with Crippen molar-refractivity contribution in [1.29, 1.82) is 0 Å². The zero-order chi connectivity index (χ0) is 25.8. The summed E-state index contributed by atoms with van der Waals surface area (Å²) in [4.78, 5) is 19.0. The lowest BCUT2D eigenvalue weighted by Crippen LogP contribution is -2.40. The summed E-state index contributed by atoms with van der Waals surface area (Å²) < 4.78 is 38.7. The van der Waals surface area contributed by atoms with E-state index in [0.717, 1.165) is 34.5 Å². The number of hydrogen-bond donors (Lipinski definition) is 2. The topological polar surface area (TPSA) is 83.0 Å². The maximum atomic E-state index is 12.9. The van der Waals surface area contributed by atoms with Gasteiger partial charge in [-0.1, -0.05) is 18.2 Å². The largest absolute Gasteiger partial charge is 0.416 e. The van der Waals surface area contributed by atoms with Crippen LogP contribution in [0.4, 0.5) is 30.5 Å². The van der Waals surface area contributed by atoms with Crippen molar-refractivity contribution in [3.8, 4) is 0 Å². The molecular formula is C27H25F3N6O. The Morgan fingerprint density at radius 2 is 1.81 bits per heavy atom. The van der Waals surface area contributed by atoms with E-state index >= 15 is 0 Å². The van der Waals surface area contributed by atoms with E-state index in [4.69, 9.17) is 0 Å². The van der Waals surface area contributed by atoms with Crippen molar-refractivity contribution in [1.82, 2.24) is 20.5 Å². The molecule has 2 aromatic carbocycles. The Balaban J connectivity index is 1.12. The second-order valence-corrected chi connectivity index (χ2v) is 8.99. The van der Waals surface area contributed by atoms with Crippen molar-refractivity contribution in [2.45, 2.75) is 25.6 Å². The molecule has 0 spiro atoms. The first-order valence-corrected chi connectivity index (χ1v) is 12.0. The summed E-state index contributed by atoms with van der Waals surface area (Å²) in [6.45, 7) is 1.35. The first-order valence-electron chi connectivity index (χ1n) is 12.0. The van der Waals surface area contributed by atoms with Crippen molar-refractivity contribution in [3.63, 3.8) is 0 Å². The third-order valence-corrected chi connectivity index (χ3v) is 6.44. The summed E-state index contributed by atoms with van der Waals surface area (Å²) in [5, 5.41) is 15.7. The zero-order valence-electron chi connectivity index (χ0n) is 19.9. The van der Waals surface area contributed by atoms with Gasteiger partial charge >= 0.3 is 6.18 Å². The van der Waals surface area contributed by atoms with E-state index in [9.17, 15) is 18.0 Å². The highest BCUT2D eigenvalue weighted by molar-refractivity contribution is 5.83. The summed E-state index contributed by atoms with van der Waals surface area (Å²) in [5.41, 5.74) is 1.51. The predicted octanol–water partition coefficient (Wildman–Crippen LogP) is 5.32. The number of nitrogens with zero attached hydrogens (tertiary/aromatic N) is 4. The number of hydrogen-bond acceptors (Lipinski definition) is 6. The molecule has 1 saturated heterocycles. The van der Waals surface area contributed by atoms with E-state index in [0.29, 0.717) is 37.3 Å². The Hall–Kier alpha value is -4.21. The molecule has 0 radical (unpaired) electrons. The lowest BCUT2D eigenvalue weighted by molar-refractivity contribution is -0.137. The average Bonchev–Trinajstić information content (AvgIpc) is 2.92. The SMILES string of the molecule is O=C(NCc1cccc(C(F)(F)F)c1)C1CCN(c2ccc(Nc3ccc4ncccc4c3)nn2)CC1. The summed E-state index contributed by atoms with van der Waals surface area (Å²) in [6.07, 6.45) is -1.39. The maximum absolute atomic E-state index is 12.9. The fraction of sp³-hybridized carbons (Fsp3) is 0.259. The lowest BCUT2D eigenvalue weighted by atomic mass is 9.96. The van der Waals surface area contributed by atoms with Crippen LogP contribution >= 0.6 is 0 Å². The Morgan fingerprint density at radius 1 is 0.973 bits per heavy atom. The van der Waals surface area contributed by atoms with Gasteiger partial charge in [0.15, 0.2) is 11.6 Å². The van der Waals surface area contributed by atoms with Gasteiger partial charge in [0, 0.05) is 42.8 Å². The highest BCUT2D eigenvalue weighted by atomic mass is 19.4. The van der Waals surface area contributed by atoms with Crippen molar-refractivity contribution in [3.05, 3.63) is 84.1 Å². The number of carbonyl (C=O) groups is 1. The van der Waals surface area contributed by atoms with Gasteiger partial charge in [0.05, 0.1) is 11.1 Å². The minimum absolute atomic E-state index is 0.0661. The van der Waals surface area contributed by atoms with Crippen LogP contribution in [0.25, 0.3) is 10.9 Å². The van der Waals surface area contributed by atoms with Crippen LogP contribution in [0.3, 0.4) is 0 Å². The highest BCUT2D eigenvalue weighted by Gasteiger charge is 2.30. The fourth-order valence-electron chi connectivity index (χ4n) is 4.42. The van der Waals surface area contributed by atoms with Gasteiger partial charge in [-0.2, -0.15) is 13.2 Å². The summed E-state index contributed by atoms with van der Waals surface area (Å²) in [7, 11) is 0. The minimum atomic E-state index is -4.40. The number of pyridine rings is 1. The van der Waals surface area contributed by atoms with Crippen LogP contribution in [-0.2, 0) is 17.5 Å². The molecule has 10 heteroatoms. The van der Waals surface area contributed by atoms with Gasteiger partial charge in [0.25, 0.3) is 0 Å². The maximum Gasteiger partial charge on any atom is 0.416 e. The molecule has 1 amide bonds. The van der Waals surface area contributed by atoms with Crippen molar-refractivity contribution in [2.24, 2.45) is 5.92 Å². The van der Waals surface area contributed by atoms with Gasteiger partial charge in [0.2, 0.25) is 5.91 Å². The number of carbonyl (C=O) groups excluding carboxylic acids is 1. The minimum Gasteiger partial charge on any atom is -0.355 e. The molecular weight excluding hydrogens is 481 g/mol. The number of alkyl halides is 3. The molecule has 0 unspecified atom stereocenters. The zero-order valence-corrected chi connectivity index (χ0v) is 19.9. The van der Waals surface area contributed by atoms with Gasteiger partial charge in [-0.25, -0.2) is 0 Å². The molecule has 2 N–H and O–H groups in total. The molecule has 0 atom stereocenters. The number of aromatic nitrogens is 3. The molecule has 0 saturated carbocycles. The van der Waals surface area contributed by atoms with Gasteiger partial charge < -0.3 is 15.5 Å². The first-order chi connectivity index (χ1) is 17.8. The molecule has 0 aliphatic carbocycles. The lowest BCUT2D eigenvalue weighted by Gasteiger charge is -2.31. The Morgan fingerprint density at radius 3 is 2.57 bits per heavy atom. The fourth-order valence-corrected chi connectivity index (χ4v) is 4.42. The molecule has 1 fully saturated rings. The van der Waals surface area contributed by atoms with Crippen LogP contribution < -0.4 is 15.5 Å². The number of nitrogens with one attached hydrogen (secondary N) is 2. The number of piperidine rings is 1. The van der Waals surface area contributed by atoms with Crippen molar-refractivity contribution >= 4 is 34.1 Å². The number of fused-ring (bicyclic) bond motifs is 1. The monoisotopic (exact) mass is 506 g/mol. The summed E-state index contributed by atoms with van der Waals surface area (Å²) >= 11 is 0. The van der Waals surface area contributed by atoms with E-state index in [2.05, 4.69) is 30.7 Å². The molecule has 4 aromatic rings. The van der Waals surface area contributed by atoms with E-state index in [1.165, 1.54) is 6.07 Å². The molecule has 7 nitrogen and oxygen atoms in total. The van der Waals surface area contributed by atoms with Gasteiger partial charge in [0.1, 0.15) is 0 Å². The third-order valence-electron chi connectivity index (χ3n) is 6.44. The van der Waals surface area contributed by atoms with Crippen LogP contribution in [0.2, 0.25) is 0 Å². The summed E-state index contributed by atoms with van der Waals surface area (Å²) in [6, 6.07) is 18.5. The standard InChI is InChI=1S/C27H25F3N6O/c28-27(29,30)21-5-1-3-18(15-21)17-32-26(37)19-10-13-36(14-11-19)25-9-8-24(34-35-25)33-22-6-7-23-20(16-22)4-2-12-31-23/h1-9,12,15-16,19H,10-11,13-14,17H2,(H,32,37)(H,33,34). The van der Waals surface area contributed by atoms with E-state index < -0.39 is 11.7 Å². The Labute approximate surface area is 211 Å². The van der Waals surface area contributed by atoms with Gasteiger partial charge in [-0.15, -0.1) is 10.2 Å². The number of rotatable bonds is 6. The number of benzene rings is 2. The summed E-state index contributed by atoms with van der Waals surface area (Å²) in [5.74, 6) is 1.01. The number of amides is 1. The molecule has 1 aliphatic heterocycles. The molecule has 190 valence electrons. The van der Waals surface area contributed by atoms with Crippen LogP contribution in [0, 0.1) is 5.92 Å². The molecule has 5 rings (SSSR count). The normalized spacial score (nSPS) is 14.5. The smallest absolute Gasteiger partial charge is 0.355 e. The van der Waals surface area contributed by atoms with Gasteiger partial charge in [-0.05, 0) is 66.9 Å². The third kappa shape index (κ3) is 5.96. The molecule has 2 aromatic heterocycles. The second kappa shape index (κ2) is 10.4. The van der Waals surface area contributed by atoms with E-state index in [-0.39, 0.29) is 18.4 Å². The predicted molar refractivity (Wildman–Crippen MR) is 135 cm³/mol. The number of anilines is 3. The Kier molecular flexibility index (Phi) is 6.89. The van der Waals surface area contributed by atoms with E-state index in [1.54, 1.807) is 12.3 Å². The van der Waals surface area contributed by atoms with Crippen molar-refractivity contribution in [2.75, 3.05) is 23.3 Å². The molecule has 3 heterocycles. The first kappa shape index (κ1) is 24.5. The number of halogens is 3. The van der Waals surface area contributed by atoms with Crippen LogP contribution in [0.15, 0.2) is 72.9 Å². The molecule has 37 heavy (non-hydrogen) atoms. The second-order valence-electron chi connectivity index (χ2n) is 8.99.